The summed E-state index contributed by atoms with van der Waals surface area (Å²) in [5.74, 6) is 0.260. The molecule has 2 heterocycles. The monoisotopic (exact) mass is 334 g/mol. The van der Waals surface area contributed by atoms with Crippen LogP contribution in [0.1, 0.15) is 22.6 Å². The molecule has 5 heteroatoms. The molecule has 0 radical (unpaired) electrons. The molecule has 1 aliphatic rings. The van der Waals surface area contributed by atoms with Crippen LogP contribution in [0.15, 0.2) is 29.8 Å². The minimum atomic E-state index is -0.178. The summed E-state index contributed by atoms with van der Waals surface area (Å²) in [6, 6.07) is 6.85. The van der Waals surface area contributed by atoms with E-state index in [9.17, 15) is 4.39 Å². The van der Waals surface area contributed by atoms with E-state index in [0.717, 1.165) is 38.2 Å². The van der Waals surface area contributed by atoms with Crippen molar-refractivity contribution >= 4 is 11.3 Å². The Morgan fingerprint density at radius 2 is 2.13 bits per heavy atom. The number of aryl methyl sites for hydroxylation is 1. The molecule has 0 amide bonds. The molecule has 1 fully saturated rings. The zero-order chi connectivity index (χ0) is 16.2. The lowest BCUT2D eigenvalue weighted by atomic mass is 9.88. The number of rotatable bonds is 5. The van der Waals surface area contributed by atoms with Crippen LogP contribution in [0.4, 0.5) is 4.39 Å². The highest BCUT2D eigenvalue weighted by Gasteiger charge is 2.29. The van der Waals surface area contributed by atoms with Crippen molar-refractivity contribution < 1.29 is 9.13 Å². The fraction of sp³-hybridized carbons (Fsp3) is 0.500. The molecule has 2 aromatic rings. The van der Waals surface area contributed by atoms with Crippen LogP contribution < -0.4 is 0 Å². The molecular formula is C18H23FN2OS. The Morgan fingerprint density at radius 1 is 1.35 bits per heavy atom. The molecule has 23 heavy (non-hydrogen) atoms. The summed E-state index contributed by atoms with van der Waals surface area (Å²) in [5.41, 5.74) is 4.23. The second-order valence-electron chi connectivity index (χ2n) is 6.25. The Kier molecular flexibility index (Phi) is 5.41. The molecule has 0 aliphatic carbocycles. The van der Waals surface area contributed by atoms with Crippen LogP contribution in [-0.4, -0.2) is 36.2 Å². The number of thiazole rings is 1. The lowest BCUT2D eigenvalue weighted by Crippen LogP contribution is -2.44. The van der Waals surface area contributed by atoms with Crippen molar-refractivity contribution in [2.75, 3.05) is 20.2 Å². The van der Waals surface area contributed by atoms with Crippen LogP contribution in [0.2, 0.25) is 0 Å². The van der Waals surface area contributed by atoms with Crippen LogP contribution in [0.5, 0.6) is 0 Å². The Morgan fingerprint density at radius 3 is 2.78 bits per heavy atom. The highest BCUT2D eigenvalue weighted by Crippen LogP contribution is 2.26. The number of halogens is 1. The van der Waals surface area contributed by atoms with Crippen molar-refractivity contribution in [2.45, 2.75) is 32.4 Å². The second-order valence-corrected chi connectivity index (χ2v) is 7.19. The average molecular weight is 334 g/mol. The zero-order valence-corrected chi connectivity index (χ0v) is 14.5. The first-order chi connectivity index (χ1) is 11.2. The third-order valence-electron chi connectivity index (χ3n) is 4.67. The molecule has 0 bridgehead atoms. The van der Waals surface area contributed by atoms with Gasteiger partial charge < -0.3 is 4.74 Å². The standard InChI is InChI=1S/C18H23FN2OS/c1-13-18(23-12-20-13)11-21-8-7-17(22-2)15(10-21)9-14-3-5-16(19)6-4-14/h3-6,12,15,17H,7-11H2,1-2H3/t15-,17-/m1/s1. The van der Waals surface area contributed by atoms with Gasteiger partial charge in [0.15, 0.2) is 0 Å². The number of likely N-dealkylation sites (tertiary alicyclic amines) is 1. The Bertz CT molecular complexity index is 628. The summed E-state index contributed by atoms with van der Waals surface area (Å²) in [6.07, 6.45) is 2.25. The number of aromatic nitrogens is 1. The smallest absolute Gasteiger partial charge is 0.123 e. The van der Waals surface area contributed by atoms with E-state index in [4.69, 9.17) is 4.74 Å². The van der Waals surface area contributed by atoms with Crippen molar-refractivity contribution in [1.29, 1.82) is 0 Å². The molecular weight excluding hydrogens is 311 g/mol. The minimum absolute atomic E-state index is 0.178. The van der Waals surface area contributed by atoms with Crippen LogP contribution in [0.25, 0.3) is 0 Å². The highest BCUT2D eigenvalue weighted by molar-refractivity contribution is 7.09. The largest absolute Gasteiger partial charge is 0.381 e. The van der Waals surface area contributed by atoms with Gasteiger partial charge in [-0.25, -0.2) is 9.37 Å². The van der Waals surface area contributed by atoms with Crippen LogP contribution in [0.3, 0.4) is 0 Å². The van der Waals surface area contributed by atoms with Crippen molar-refractivity contribution in [1.82, 2.24) is 9.88 Å². The van der Waals surface area contributed by atoms with Gasteiger partial charge in [0, 0.05) is 37.5 Å². The van der Waals surface area contributed by atoms with E-state index < -0.39 is 0 Å². The van der Waals surface area contributed by atoms with E-state index in [1.165, 1.54) is 10.4 Å². The molecule has 3 rings (SSSR count). The highest BCUT2D eigenvalue weighted by atomic mass is 32.1. The van der Waals surface area contributed by atoms with Crippen LogP contribution in [-0.2, 0) is 17.7 Å². The number of benzene rings is 1. The fourth-order valence-corrected chi connectivity index (χ4v) is 4.16. The summed E-state index contributed by atoms with van der Waals surface area (Å²) >= 11 is 1.73. The summed E-state index contributed by atoms with van der Waals surface area (Å²) in [6.45, 7) is 5.10. The molecule has 1 aromatic heterocycles. The van der Waals surface area contributed by atoms with Gasteiger partial charge in [0.25, 0.3) is 0 Å². The number of hydrogen-bond acceptors (Lipinski definition) is 4. The van der Waals surface area contributed by atoms with Gasteiger partial charge in [-0.1, -0.05) is 12.1 Å². The predicted molar refractivity (Wildman–Crippen MR) is 91.1 cm³/mol. The molecule has 2 atom stereocenters. The number of piperidine rings is 1. The Balaban J connectivity index is 1.66. The van der Waals surface area contributed by atoms with Crippen molar-refractivity contribution in [2.24, 2.45) is 5.92 Å². The average Bonchev–Trinajstić information content (AvgIpc) is 2.95. The lowest BCUT2D eigenvalue weighted by Gasteiger charge is -2.38. The first-order valence-corrected chi connectivity index (χ1v) is 8.92. The number of hydrogen-bond donors (Lipinski definition) is 0. The summed E-state index contributed by atoms with van der Waals surface area (Å²) in [4.78, 5) is 8.18. The van der Waals surface area contributed by atoms with E-state index in [2.05, 4.69) is 16.8 Å². The molecule has 3 nitrogen and oxygen atoms in total. The minimum Gasteiger partial charge on any atom is -0.381 e. The molecule has 0 spiro atoms. The summed E-state index contributed by atoms with van der Waals surface area (Å²) in [7, 11) is 1.80. The van der Waals surface area contributed by atoms with Gasteiger partial charge in [-0.3, -0.25) is 4.90 Å². The van der Waals surface area contributed by atoms with Crippen molar-refractivity contribution in [3.05, 3.63) is 51.7 Å². The van der Waals surface area contributed by atoms with Crippen LogP contribution in [0, 0.1) is 18.7 Å². The molecule has 124 valence electrons. The van der Waals surface area contributed by atoms with Crippen LogP contribution >= 0.6 is 11.3 Å². The maximum absolute atomic E-state index is 13.1. The molecule has 1 aliphatic heterocycles. The third-order valence-corrected chi connectivity index (χ3v) is 5.59. The van der Waals surface area contributed by atoms with Gasteiger partial charge in [-0.2, -0.15) is 0 Å². The van der Waals surface area contributed by atoms with E-state index >= 15 is 0 Å². The Labute approximate surface area is 141 Å². The Hall–Kier alpha value is -1.30. The predicted octanol–water partition coefficient (Wildman–Crippen LogP) is 3.67. The maximum atomic E-state index is 13.1. The normalized spacial score (nSPS) is 22.4. The maximum Gasteiger partial charge on any atom is 0.123 e. The van der Waals surface area contributed by atoms with Gasteiger partial charge in [0.05, 0.1) is 17.3 Å². The summed E-state index contributed by atoms with van der Waals surface area (Å²) < 4.78 is 18.8. The molecule has 1 saturated heterocycles. The van der Waals surface area contributed by atoms with E-state index in [-0.39, 0.29) is 11.9 Å². The molecule has 0 unspecified atom stereocenters. The van der Waals surface area contributed by atoms with Gasteiger partial charge in [0.2, 0.25) is 0 Å². The van der Waals surface area contributed by atoms with Gasteiger partial charge in [0.1, 0.15) is 5.82 Å². The molecule has 0 N–H and O–H groups in total. The first kappa shape index (κ1) is 16.6. The SMILES string of the molecule is CO[C@@H]1CCN(Cc2scnc2C)C[C@H]1Cc1ccc(F)cc1. The number of ether oxygens (including phenoxy) is 1. The van der Waals surface area contributed by atoms with Gasteiger partial charge in [-0.15, -0.1) is 11.3 Å². The quantitative estimate of drug-likeness (QED) is 0.834. The van der Waals surface area contributed by atoms with Gasteiger partial charge in [-0.05, 0) is 37.5 Å². The topological polar surface area (TPSA) is 25.4 Å². The number of nitrogens with zero attached hydrogens (tertiary/aromatic N) is 2. The lowest BCUT2D eigenvalue weighted by molar-refractivity contribution is -0.00829. The molecule has 1 aromatic carbocycles. The van der Waals surface area contributed by atoms with Crippen molar-refractivity contribution in [3.8, 4) is 0 Å². The molecule has 0 saturated carbocycles. The first-order valence-electron chi connectivity index (χ1n) is 8.04. The third kappa shape index (κ3) is 4.16. The second kappa shape index (κ2) is 7.51. The fourth-order valence-electron chi connectivity index (χ4n) is 3.34. The zero-order valence-electron chi connectivity index (χ0n) is 13.7. The number of methoxy groups -OCH3 is 1. The summed E-state index contributed by atoms with van der Waals surface area (Å²) in [5, 5.41) is 0. The van der Waals surface area contributed by atoms with Crippen molar-refractivity contribution in [3.63, 3.8) is 0 Å². The van der Waals surface area contributed by atoms with Gasteiger partial charge >= 0.3 is 0 Å². The van der Waals surface area contributed by atoms with E-state index in [0.29, 0.717) is 5.92 Å². The van der Waals surface area contributed by atoms with E-state index in [1.807, 2.05) is 17.6 Å². The van der Waals surface area contributed by atoms with E-state index in [1.54, 1.807) is 30.6 Å².